The Bertz CT molecular complexity index is 883. The minimum atomic E-state index is -0.0263. The van der Waals surface area contributed by atoms with Gasteiger partial charge in [-0.15, -0.1) is 0 Å². The summed E-state index contributed by atoms with van der Waals surface area (Å²) in [5.74, 6) is -0.0263. The van der Waals surface area contributed by atoms with Crippen LogP contribution in [-0.2, 0) is 6.42 Å². The van der Waals surface area contributed by atoms with Crippen molar-refractivity contribution in [2.45, 2.75) is 31.7 Å². The van der Waals surface area contributed by atoms with E-state index in [1.807, 2.05) is 24.3 Å². The maximum Gasteiger partial charge on any atom is 0.251 e. The SMILES string of the molecule is O=C(NCC(Cc1ccccc1)N1CCCCC1)c1ccc2nc[nH]c2c1. The van der Waals surface area contributed by atoms with Crippen molar-refractivity contribution in [2.75, 3.05) is 19.6 Å². The van der Waals surface area contributed by atoms with Crippen molar-refractivity contribution in [3.8, 4) is 0 Å². The second kappa shape index (κ2) is 8.35. The van der Waals surface area contributed by atoms with Crippen molar-refractivity contribution >= 4 is 16.9 Å². The van der Waals surface area contributed by atoms with Gasteiger partial charge in [0.1, 0.15) is 0 Å². The highest BCUT2D eigenvalue weighted by Gasteiger charge is 2.22. The molecule has 1 atom stereocenters. The number of fused-ring (bicyclic) bond motifs is 1. The van der Waals surface area contributed by atoms with E-state index in [1.165, 1.54) is 24.8 Å². The van der Waals surface area contributed by atoms with Crippen LogP contribution in [0.3, 0.4) is 0 Å². The van der Waals surface area contributed by atoms with Gasteiger partial charge in [0, 0.05) is 18.2 Å². The molecule has 0 radical (unpaired) electrons. The number of likely N-dealkylation sites (tertiary alicyclic amines) is 1. The lowest BCUT2D eigenvalue weighted by Gasteiger charge is -2.35. The van der Waals surface area contributed by atoms with Crippen LogP contribution in [0.1, 0.15) is 35.2 Å². The second-order valence-corrected chi connectivity index (χ2v) is 7.28. The summed E-state index contributed by atoms with van der Waals surface area (Å²) in [5.41, 5.74) is 3.76. The molecule has 1 saturated heterocycles. The molecule has 0 spiro atoms. The van der Waals surface area contributed by atoms with Gasteiger partial charge in [-0.25, -0.2) is 4.98 Å². The molecule has 2 N–H and O–H groups in total. The molecule has 27 heavy (non-hydrogen) atoms. The smallest absolute Gasteiger partial charge is 0.251 e. The molecule has 2 aromatic carbocycles. The summed E-state index contributed by atoms with van der Waals surface area (Å²) in [6.07, 6.45) is 6.41. The Morgan fingerprint density at radius 1 is 1.11 bits per heavy atom. The topological polar surface area (TPSA) is 61.0 Å². The second-order valence-electron chi connectivity index (χ2n) is 7.28. The maximum absolute atomic E-state index is 12.7. The summed E-state index contributed by atoms with van der Waals surface area (Å²) < 4.78 is 0. The van der Waals surface area contributed by atoms with Crippen molar-refractivity contribution in [1.29, 1.82) is 0 Å². The van der Waals surface area contributed by atoms with E-state index in [-0.39, 0.29) is 5.91 Å². The van der Waals surface area contributed by atoms with E-state index in [9.17, 15) is 4.79 Å². The lowest BCUT2D eigenvalue weighted by Crippen LogP contribution is -2.47. The van der Waals surface area contributed by atoms with Gasteiger partial charge in [0.25, 0.3) is 5.91 Å². The lowest BCUT2D eigenvalue weighted by atomic mass is 10.0. The first-order valence-corrected chi connectivity index (χ1v) is 9.79. The molecule has 0 aliphatic carbocycles. The van der Waals surface area contributed by atoms with Crippen LogP contribution >= 0.6 is 0 Å². The van der Waals surface area contributed by atoms with Crippen LogP contribution in [0.5, 0.6) is 0 Å². The van der Waals surface area contributed by atoms with E-state index >= 15 is 0 Å². The zero-order valence-electron chi connectivity index (χ0n) is 15.5. The molecule has 140 valence electrons. The van der Waals surface area contributed by atoms with Crippen molar-refractivity contribution in [1.82, 2.24) is 20.2 Å². The normalized spacial score (nSPS) is 16.3. The number of carbonyl (C=O) groups is 1. The minimum Gasteiger partial charge on any atom is -0.350 e. The van der Waals surface area contributed by atoms with Crippen molar-refractivity contribution in [3.63, 3.8) is 0 Å². The van der Waals surface area contributed by atoms with Crippen LogP contribution in [0.25, 0.3) is 11.0 Å². The summed E-state index contributed by atoms with van der Waals surface area (Å²) >= 11 is 0. The number of hydrogen-bond acceptors (Lipinski definition) is 3. The number of rotatable bonds is 6. The molecule has 1 fully saturated rings. The molecular weight excluding hydrogens is 336 g/mol. The molecule has 5 nitrogen and oxygen atoms in total. The highest BCUT2D eigenvalue weighted by Crippen LogP contribution is 2.16. The Labute approximate surface area is 159 Å². The predicted octanol–water partition coefficient (Wildman–Crippen LogP) is 3.39. The van der Waals surface area contributed by atoms with E-state index in [0.29, 0.717) is 18.2 Å². The maximum atomic E-state index is 12.7. The zero-order valence-corrected chi connectivity index (χ0v) is 15.5. The fraction of sp³-hybridized carbons (Fsp3) is 0.364. The Hall–Kier alpha value is -2.66. The largest absolute Gasteiger partial charge is 0.350 e. The number of benzene rings is 2. The van der Waals surface area contributed by atoms with Crippen LogP contribution < -0.4 is 5.32 Å². The fourth-order valence-electron chi connectivity index (χ4n) is 3.89. The number of H-pyrrole nitrogens is 1. The van der Waals surface area contributed by atoms with Gasteiger partial charge in [0.15, 0.2) is 0 Å². The Balaban J connectivity index is 1.44. The van der Waals surface area contributed by atoms with E-state index in [2.05, 4.69) is 44.5 Å². The molecule has 1 aliphatic heterocycles. The van der Waals surface area contributed by atoms with Gasteiger partial charge >= 0.3 is 0 Å². The first-order chi connectivity index (χ1) is 13.3. The molecule has 3 aromatic rings. The Morgan fingerprint density at radius 3 is 2.74 bits per heavy atom. The van der Waals surface area contributed by atoms with Gasteiger partial charge < -0.3 is 10.3 Å². The average Bonchev–Trinajstić information content (AvgIpc) is 3.20. The number of piperidine rings is 1. The number of nitrogens with zero attached hydrogens (tertiary/aromatic N) is 2. The van der Waals surface area contributed by atoms with E-state index in [0.717, 1.165) is 30.5 Å². The number of aromatic amines is 1. The number of aromatic nitrogens is 2. The minimum absolute atomic E-state index is 0.0263. The first kappa shape index (κ1) is 17.7. The molecule has 0 bridgehead atoms. The lowest BCUT2D eigenvalue weighted by molar-refractivity contribution is 0.0924. The van der Waals surface area contributed by atoms with Gasteiger partial charge in [0.05, 0.1) is 17.4 Å². The summed E-state index contributed by atoms with van der Waals surface area (Å²) in [4.78, 5) is 22.5. The number of nitrogens with one attached hydrogen (secondary N) is 2. The fourth-order valence-corrected chi connectivity index (χ4v) is 3.89. The molecule has 1 aromatic heterocycles. The van der Waals surface area contributed by atoms with Gasteiger partial charge in [-0.1, -0.05) is 36.8 Å². The van der Waals surface area contributed by atoms with Crippen molar-refractivity contribution < 1.29 is 4.79 Å². The molecule has 4 rings (SSSR count). The van der Waals surface area contributed by atoms with Crippen molar-refractivity contribution in [2.24, 2.45) is 0 Å². The molecular formula is C22H26N4O. The number of hydrogen-bond donors (Lipinski definition) is 2. The van der Waals surface area contributed by atoms with E-state index in [4.69, 9.17) is 0 Å². The predicted molar refractivity (Wildman–Crippen MR) is 108 cm³/mol. The summed E-state index contributed by atoms with van der Waals surface area (Å²) in [6.45, 7) is 2.90. The zero-order chi connectivity index (χ0) is 18.5. The molecule has 1 amide bonds. The molecule has 5 heteroatoms. The highest BCUT2D eigenvalue weighted by atomic mass is 16.1. The Morgan fingerprint density at radius 2 is 1.93 bits per heavy atom. The van der Waals surface area contributed by atoms with Crippen LogP contribution in [0.2, 0.25) is 0 Å². The Kier molecular flexibility index (Phi) is 5.49. The standard InChI is InChI=1S/C22H26N4O/c27-22(18-9-10-20-21(14-18)25-16-24-20)23-15-19(26-11-5-2-6-12-26)13-17-7-3-1-4-8-17/h1,3-4,7-10,14,16,19H,2,5-6,11-13,15H2,(H,23,27)(H,24,25). The third-order valence-corrected chi connectivity index (χ3v) is 5.40. The first-order valence-electron chi connectivity index (χ1n) is 9.79. The summed E-state index contributed by atoms with van der Waals surface area (Å²) in [5, 5.41) is 3.16. The molecule has 1 aliphatic rings. The van der Waals surface area contributed by atoms with Crippen LogP contribution in [0.4, 0.5) is 0 Å². The third kappa shape index (κ3) is 4.37. The quantitative estimate of drug-likeness (QED) is 0.707. The van der Waals surface area contributed by atoms with E-state index in [1.54, 1.807) is 6.33 Å². The van der Waals surface area contributed by atoms with Crippen molar-refractivity contribution in [3.05, 3.63) is 66.0 Å². The number of carbonyl (C=O) groups excluding carboxylic acids is 1. The summed E-state index contributed by atoms with van der Waals surface area (Å²) in [7, 11) is 0. The third-order valence-electron chi connectivity index (χ3n) is 5.40. The van der Waals surface area contributed by atoms with Gasteiger partial charge in [-0.3, -0.25) is 9.69 Å². The molecule has 1 unspecified atom stereocenters. The molecule has 2 heterocycles. The van der Waals surface area contributed by atoms with Gasteiger partial charge in [-0.2, -0.15) is 0 Å². The molecule has 0 saturated carbocycles. The average molecular weight is 362 g/mol. The van der Waals surface area contributed by atoms with Gasteiger partial charge in [-0.05, 0) is 56.1 Å². The number of imidazole rings is 1. The van der Waals surface area contributed by atoms with Gasteiger partial charge in [0.2, 0.25) is 0 Å². The summed E-state index contributed by atoms with van der Waals surface area (Å²) in [6, 6.07) is 16.5. The van der Waals surface area contributed by atoms with Crippen LogP contribution in [0.15, 0.2) is 54.9 Å². The monoisotopic (exact) mass is 362 g/mol. The van der Waals surface area contributed by atoms with E-state index < -0.39 is 0 Å². The van der Waals surface area contributed by atoms with Crippen LogP contribution in [-0.4, -0.2) is 46.5 Å². The van der Waals surface area contributed by atoms with Crippen LogP contribution in [0, 0.1) is 0 Å². The number of amides is 1. The highest BCUT2D eigenvalue weighted by molar-refractivity contribution is 5.97.